The zero-order valence-corrected chi connectivity index (χ0v) is 18.5. The van der Waals surface area contributed by atoms with E-state index in [1.165, 1.54) is 0 Å². The number of carbonyl (C=O) groups excluding carboxylic acids is 1. The Balaban J connectivity index is 1.58. The molecule has 1 aromatic carbocycles. The molecule has 0 aliphatic carbocycles. The number of nitrogens with zero attached hydrogens (tertiary/aromatic N) is 3. The number of aromatic nitrogens is 2. The molecule has 0 saturated carbocycles. The smallest absolute Gasteiger partial charge is 0.226 e. The molecule has 0 bridgehead atoms. The van der Waals surface area contributed by atoms with Gasteiger partial charge in [0.2, 0.25) is 5.91 Å². The average molecular weight is 434 g/mol. The van der Waals surface area contributed by atoms with E-state index in [9.17, 15) is 4.79 Å². The number of hydrogen-bond donors (Lipinski definition) is 2. The van der Waals surface area contributed by atoms with Crippen LogP contribution in [-0.2, 0) is 4.79 Å². The Morgan fingerprint density at radius 2 is 1.90 bits per heavy atom. The molecule has 160 valence electrons. The van der Waals surface area contributed by atoms with Crippen LogP contribution in [0.5, 0.6) is 0 Å². The predicted molar refractivity (Wildman–Crippen MR) is 127 cm³/mol. The van der Waals surface area contributed by atoms with E-state index >= 15 is 0 Å². The van der Waals surface area contributed by atoms with Crippen LogP contribution in [-0.4, -0.2) is 32.0 Å². The molecule has 2 aromatic heterocycles. The summed E-state index contributed by atoms with van der Waals surface area (Å²) in [5.74, 6) is -0.0340. The van der Waals surface area contributed by atoms with Crippen LogP contribution in [0, 0.1) is 0 Å². The van der Waals surface area contributed by atoms with Gasteiger partial charge >= 0.3 is 0 Å². The van der Waals surface area contributed by atoms with Gasteiger partial charge in [0.15, 0.2) is 5.11 Å². The van der Waals surface area contributed by atoms with E-state index in [4.69, 9.17) is 12.2 Å². The van der Waals surface area contributed by atoms with Crippen molar-refractivity contribution in [1.29, 1.82) is 0 Å². The van der Waals surface area contributed by atoms with E-state index in [0.717, 1.165) is 17.1 Å². The third kappa shape index (κ3) is 4.61. The van der Waals surface area contributed by atoms with Gasteiger partial charge in [-0.3, -0.25) is 9.78 Å². The third-order valence-electron chi connectivity index (χ3n) is 5.51. The standard InChI is InChI=1S/C24H27N5OS/c1-17(2)28-15-8-12-20(28)23-22(19-11-6-7-14-25-19)27-24(31)29(23)16-13-21(30)26-18-9-4-3-5-10-18/h3-12,14-15,17,22-23H,13,16H2,1-2H3,(H,26,30)(H,27,31)/t22-,23-/m0/s1. The fourth-order valence-electron chi connectivity index (χ4n) is 4.06. The molecule has 1 amide bonds. The molecule has 3 aromatic rings. The lowest BCUT2D eigenvalue weighted by molar-refractivity contribution is -0.116. The lowest BCUT2D eigenvalue weighted by Crippen LogP contribution is -2.33. The predicted octanol–water partition coefficient (Wildman–Crippen LogP) is 4.47. The van der Waals surface area contributed by atoms with Crippen LogP contribution < -0.4 is 10.6 Å². The lowest BCUT2D eigenvalue weighted by atomic mass is 10.0. The highest BCUT2D eigenvalue weighted by Crippen LogP contribution is 2.39. The first-order chi connectivity index (χ1) is 15.0. The molecular formula is C24H27N5OS. The number of thiocarbonyl (C=S) groups is 1. The zero-order valence-electron chi connectivity index (χ0n) is 17.7. The Morgan fingerprint density at radius 1 is 1.13 bits per heavy atom. The second-order valence-electron chi connectivity index (χ2n) is 7.92. The minimum Gasteiger partial charge on any atom is -0.352 e. The summed E-state index contributed by atoms with van der Waals surface area (Å²) in [6.45, 7) is 4.84. The number of pyridine rings is 1. The molecule has 0 spiro atoms. The molecule has 0 radical (unpaired) electrons. The van der Waals surface area contributed by atoms with Crippen LogP contribution in [0.15, 0.2) is 73.1 Å². The first-order valence-electron chi connectivity index (χ1n) is 10.5. The number of benzene rings is 1. The van der Waals surface area contributed by atoms with Crippen molar-refractivity contribution in [2.45, 2.75) is 38.4 Å². The fourth-order valence-corrected chi connectivity index (χ4v) is 4.39. The van der Waals surface area contributed by atoms with Crippen LogP contribution >= 0.6 is 12.2 Å². The number of hydrogen-bond acceptors (Lipinski definition) is 3. The van der Waals surface area contributed by atoms with Gasteiger partial charge in [-0.2, -0.15) is 0 Å². The first kappa shape index (κ1) is 21.1. The molecule has 2 N–H and O–H groups in total. The quantitative estimate of drug-likeness (QED) is 0.539. The van der Waals surface area contributed by atoms with Gasteiger partial charge in [-0.1, -0.05) is 24.3 Å². The van der Waals surface area contributed by atoms with Gasteiger partial charge in [-0.15, -0.1) is 0 Å². The molecule has 1 aliphatic heterocycles. The zero-order chi connectivity index (χ0) is 21.8. The normalized spacial score (nSPS) is 18.3. The summed E-state index contributed by atoms with van der Waals surface area (Å²) >= 11 is 5.71. The largest absolute Gasteiger partial charge is 0.352 e. The summed E-state index contributed by atoms with van der Waals surface area (Å²) in [4.78, 5) is 19.3. The number of amides is 1. The fraction of sp³-hybridized carbons (Fsp3) is 0.292. The summed E-state index contributed by atoms with van der Waals surface area (Å²) in [5.41, 5.74) is 2.88. The van der Waals surface area contributed by atoms with Crippen LogP contribution in [0.4, 0.5) is 5.69 Å². The van der Waals surface area contributed by atoms with Crippen LogP contribution in [0.3, 0.4) is 0 Å². The molecule has 2 atom stereocenters. The molecular weight excluding hydrogens is 406 g/mol. The third-order valence-corrected chi connectivity index (χ3v) is 5.86. The van der Waals surface area contributed by atoms with Crippen molar-refractivity contribution >= 4 is 28.9 Å². The summed E-state index contributed by atoms with van der Waals surface area (Å²) in [7, 11) is 0. The van der Waals surface area contributed by atoms with Crippen molar-refractivity contribution < 1.29 is 4.79 Å². The van der Waals surface area contributed by atoms with Crippen molar-refractivity contribution in [2.75, 3.05) is 11.9 Å². The minimum absolute atomic E-state index is 0.0340. The maximum atomic E-state index is 12.6. The molecule has 1 fully saturated rings. The number of carbonyl (C=O) groups is 1. The van der Waals surface area contributed by atoms with E-state index in [2.05, 4.69) is 57.3 Å². The molecule has 1 aliphatic rings. The van der Waals surface area contributed by atoms with Gasteiger partial charge in [0.05, 0.1) is 17.8 Å². The van der Waals surface area contributed by atoms with E-state index in [1.54, 1.807) is 6.20 Å². The minimum atomic E-state index is -0.0849. The van der Waals surface area contributed by atoms with Crippen LogP contribution in [0.1, 0.15) is 49.8 Å². The Kier molecular flexibility index (Phi) is 6.32. The number of anilines is 1. The Morgan fingerprint density at radius 3 is 2.61 bits per heavy atom. The number of rotatable bonds is 7. The van der Waals surface area contributed by atoms with Crippen molar-refractivity contribution in [3.63, 3.8) is 0 Å². The van der Waals surface area contributed by atoms with Crippen molar-refractivity contribution in [1.82, 2.24) is 19.8 Å². The highest BCUT2D eigenvalue weighted by Gasteiger charge is 2.41. The van der Waals surface area contributed by atoms with Crippen molar-refractivity contribution in [3.05, 3.63) is 84.4 Å². The highest BCUT2D eigenvalue weighted by molar-refractivity contribution is 7.80. The first-order valence-corrected chi connectivity index (χ1v) is 10.9. The number of para-hydroxylation sites is 1. The average Bonchev–Trinajstić information content (AvgIpc) is 3.38. The second kappa shape index (κ2) is 9.31. The topological polar surface area (TPSA) is 62.2 Å². The summed E-state index contributed by atoms with van der Waals surface area (Å²) < 4.78 is 2.26. The maximum Gasteiger partial charge on any atom is 0.226 e. The monoisotopic (exact) mass is 433 g/mol. The summed E-state index contributed by atoms with van der Waals surface area (Å²) in [5, 5.41) is 7.05. The summed E-state index contributed by atoms with van der Waals surface area (Å²) in [6.07, 6.45) is 4.23. The Labute approximate surface area is 188 Å². The molecule has 1 saturated heterocycles. The Bertz CT molecular complexity index is 1030. The van der Waals surface area contributed by atoms with Gasteiger partial charge < -0.3 is 20.1 Å². The molecule has 6 nitrogen and oxygen atoms in total. The van der Waals surface area contributed by atoms with E-state index in [1.807, 2.05) is 48.5 Å². The van der Waals surface area contributed by atoms with Gasteiger partial charge in [0.25, 0.3) is 0 Å². The van der Waals surface area contributed by atoms with Gasteiger partial charge in [0.1, 0.15) is 0 Å². The van der Waals surface area contributed by atoms with Crippen LogP contribution in [0.25, 0.3) is 0 Å². The van der Waals surface area contributed by atoms with E-state index in [0.29, 0.717) is 24.1 Å². The highest BCUT2D eigenvalue weighted by atomic mass is 32.1. The van der Waals surface area contributed by atoms with E-state index in [-0.39, 0.29) is 18.0 Å². The van der Waals surface area contributed by atoms with Gasteiger partial charge in [-0.25, -0.2) is 0 Å². The molecule has 0 unspecified atom stereocenters. The molecule has 31 heavy (non-hydrogen) atoms. The van der Waals surface area contributed by atoms with Gasteiger partial charge in [-0.05, 0) is 62.5 Å². The molecule has 3 heterocycles. The second-order valence-corrected chi connectivity index (χ2v) is 8.30. The SMILES string of the molecule is CC(C)n1cccc1[C@H]1[C@H](c2ccccn2)NC(=S)N1CCC(=O)Nc1ccccc1. The van der Waals surface area contributed by atoms with Crippen molar-refractivity contribution in [3.8, 4) is 0 Å². The maximum absolute atomic E-state index is 12.6. The number of nitrogens with one attached hydrogen (secondary N) is 2. The lowest BCUT2D eigenvalue weighted by Gasteiger charge is -2.29. The van der Waals surface area contributed by atoms with E-state index < -0.39 is 0 Å². The van der Waals surface area contributed by atoms with Crippen molar-refractivity contribution in [2.24, 2.45) is 0 Å². The Hall–Kier alpha value is -3.19. The van der Waals surface area contributed by atoms with Gasteiger partial charge in [0, 0.05) is 42.8 Å². The molecule has 7 heteroatoms. The summed E-state index contributed by atoms with van der Waals surface area (Å²) in [6, 6.07) is 19.8. The molecule has 4 rings (SSSR count). The van der Waals surface area contributed by atoms with Crippen LogP contribution in [0.2, 0.25) is 0 Å².